The number of hydrogen-bond donors (Lipinski definition) is 3. The molecule has 3 rings (SSSR count). The van der Waals surface area contributed by atoms with Gasteiger partial charge in [0.05, 0.1) is 5.69 Å². The summed E-state index contributed by atoms with van der Waals surface area (Å²) in [6.45, 7) is 9.01. The molecule has 0 saturated carbocycles. The average molecular weight is 414 g/mol. The normalized spacial score (nSPS) is 14.8. The van der Waals surface area contributed by atoms with Crippen molar-refractivity contribution in [2.75, 3.05) is 19.6 Å². The van der Waals surface area contributed by atoms with Crippen LogP contribution in [0.4, 0.5) is 0 Å². The van der Waals surface area contributed by atoms with Crippen LogP contribution in [0.2, 0.25) is 0 Å². The fourth-order valence-electron chi connectivity index (χ4n) is 3.63. The number of benzene rings is 1. The Labute approximate surface area is 177 Å². The van der Waals surface area contributed by atoms with Crippen LogP contribution in [-0.4, -0.2) is 57.7 Å². The van der Waals surface area contributed by atoms with Gasteiger partial charge in [-0.15, -0.1) is 0 Å². The minimum absolute atomic E-state index is 0.558. The maximum absolute atomic E-state index is 9.55. The Bertz CT molecular complexity index is 839. The number of rotatable bonds is 7. The van der Waals surface area contributed by atoms with E-state index in [1.807, 2.05) is 6.20 Å². The molecule has 1 aliphatic rings. The van der Waals surface area contributed by atoms with Gasteiger partial charge in [0.2, 0.25) is 0 Å². The molecule has 0 atom stereocenters. The Kier molecular flexibility index (Phi) is 9.44. The molecule has 1 aliphatic heterocycles. The molecular formula is C23H31N3O4. The van der Waals surface area contributed by atoms with E-state index in [1.165, 1.54) is 29.3 Å². The molecule has 0 bridgehead atoms. The van der Waals surface area contributed by atoms with Crippen molar-refractivity contribution >= 4 is 22.7 Å². The average Bonchev–Trinajstić information content (AvgIpc) is 2.73. The van der Waals surface area contributed by atoms with Crippen molar-refractivity contribution in [3.8, 4) is 0 Å². The van der Waals surface area contributed by atoms with E-state index in [2.05, 4.69) is 54.4 Å². The Balaban J connectivity index is 0.000000343. The van der Waals surface area contributed by atoms with E-state index in [1.54, 1.807) is 0 Å². The fourth-order valence-corrected chi connectivity index (χ4v) is 3.63. The lowest BCUT2D eigenvalue weighted by Gasteiger charge is -2.35. The van der Waals surface area contributed by atoms with Crippen LogP contribution in [0.3, 0.4) is 0 Å². The predicted octanol–water partition coefficient (Wildman–Crippen LogP) is 3.16. The van der Waals surface area contributed by atoms with Crippen molar-refractivity contribution in [2.24, 2.45) is 5.92 Å². The van der Waals surface area contributed by atoms with Gasteiger partial charge in [-0.05, 0) is 43.3 Å². The second kappa shape index (κ2) is 12.0. The molecule has 7 heteroatoms. The highest BCUT2D eigenvalue weighted by Gasteiger charge is 2.22. The molecule has 0 radical (unpaired) electrons. The molecule has 0 unspecified atom stereocenters. The molecule has 1 saturated heterocycles. The topological polar surface area (TPSA) is 103 Å². The molecule has 0 aliphatic carbocycles. The summed E-state index contributed by atoms with van der Waals surface area (Å²) >= 11 is 0. The third kappa shape index (κ3) is 7.93. The molecule has 2 aromatic rings. The summed E-state index contributed by atoms with van der Waals surface area (Å²) in [5.41, 5.74) is 1.22. The molecule has 1 aromatic heterocycles. The first-order valence-electron chi connectivity index (χ1n) is 10.3. The van der Waals surface area contributed by atoms with Crippen molar-refractivity contribution in [3.63, 3.8) is 0 Å². The standard InChI is InChI=1S/C19H27N3.C4H4O4/c1-15(2)13-22(17-8-10-20-11-9-17)14-19-18-6-4-3-5-16(18)7-12-21-19;5-3(6)1-2-4(7)8/h3-7,12,15,17,20H,8-11,13-14H2,1-2H3;1-2H,(H,5,6)(H,7,8). The van der Waals surface area contributed by atoms with Crippen LogP contribution >= 0.6 is 0 Å². The first kappa shape index (κ1) is 23.5. The van der Waals surface area contributed by atoms with Crippen LogP contribution in [0.1, 0.15) is 32.4 Å². The van der Waals surface area contributed by atoms with Crippen LogP contribution in [0, 0.1) is 5.92 Å². The zero-order valence-corrected chi connectivity index (χ0v) is 17.6. The monoisotopic (exact) mass is 413 g/mol. The van der Waals surface area contributed by atoms with Gasteiger partial charge in [-0.1, -0.05) is 38.1 Å². The lowest BCUT2D eigenvalue weighted by molar-refractivity contribution is -0.134. The number of carboxylic acids is 2. The van der Waals surface area contributed by atoms with E-state index in [0.29, 0.717) is 24.1 Å². The third-order valence-electron chi connectivity index (χ3n) is 4.90. The number of aromatic nitrogens is 1. The summed E-state index contributed by atoms with van der Waals surface area (Å²) in [4.78, 5) is 26.5. The molecule has 7 nitrogen and oxygen atoms in total. The number of pyridine rings is 1. The lowest BCUT2D eigenvalue weighted by atomic mass is 10.0. The van der Waals surface area contributed by atoms with E-state index in [-0.39, 0.29) is 0 Å². The van der Waals surface area contributed by atoms with Gasteiger partial charge in [-0.25, -0.2) is 9.59 Å². The van der Waals surface area contributed by atoms with E-state index in [0.717, 1.165) is 26.2 Å². The maximum atomic E-state index is 9.55. The number of nitrogens with zero attached hydrogens (tertiary/aromatic N) is 2. The SMILES string of the molecule is CC(C)CN(Cc1nccc2ccccc12)C1CCNCC1.O=C(O)C=CC(=O)O. The number of fused-ring (bicyclic) bond motifs is 1. The molecule has 30 heavy (non-hydrogen) atoms. The number of carboxylic acid groups (broad SMARTS) is 2. The zero-order chi connectivity index (χ0) is 21.9. The van der Waals surface area contributed by atoms with Crippen molar-refractivity contribution in [1.82, 2.24) is 15.2 Å². The van der Waals surface area contributed by atoms with Gasteiger partial charge in [0.1, 0.15) is 0 Å². The van der Waals surface area contributed by atoms with Crippen molar-refractivity contribution < 1.29 is 19.8 Å². The highest BCUT2D eigenvalue weighted by Crippen LogP contribution is 2.21. The van der Waals surface area contributed by atoms with Gasteiger partial charge in [0.15, 0.2) is 0 Å². The number of carbonyl (C=O) groups is 2. The summed E-state index contributed by atoms with van der Waals surface area (Å²) < 4.78 is 0. The summed E-state index contributed by atoms with van der Waals surface area (Å²) in [5, 5.41) is 21.7. The molecule has 1 aromatic carbocycles. The quantitative estimate of drug-likeness (QED) is 0.599. The minimum atomic E-state index is -1.26. The lowest BCUT2D eigenvalue weighted by Crippen LogP contribution is -2.44. The summed E-state index contributed by atoms with van der Waals surface area (Å²) in [5.74, 6) is -1.83. The van der Waals surface area contributed by atoms with Gasteiger partial charge in [-0.2, -0.15) is 0 Å². The second-order valence-electron chi connectivity index (χ2n) is 7.79. The predicted molar refractivity (Wildman–Crippen MR) is 117 cm³/mol. The van der Waals surface area contributed by atoms with Gasteiger partial charge in [0.25, 0.3) is 0 Å². The number of aliphatic carboxylic acids is 2. The van der Waals surface area contributed by atoms with Crippen LogP contribution in [0.15, 0.2) is 48.7 Å². The van der Waals surface area contributed by atoms with Gasteiger partial charge in [-0.3, -0.25) is 9.88 Å². The van der Waals surface area contributed by atoms with Crippen LogP contribution in [-0.2, 0) is 16.1 Å². The highest BCUT2D eigenvalue weighted by molar-refractivity contribution is 5.89. The second-order valence-corrected chi connectivity index (χ2v) is 7.79. The van der Waals surface area contributed by atoms with Gasteiger partial charge in [0, 0.05) is 42.9 Å². The largest absolute Gasteiger partial charge is 0.478 e. The number of nitrogens with one attached hydrogen (secondary N) is 1. The van der Waals surface area contributed by atoms with Gasteiger partial charge >= 0.3 is 11.9 Å². The fraction of sp³-hybridized carbons (Fsp3) is 0.435. The van der Waals surface area contributed by atoms with Crippen molar-refractivity contribution in [1.29, 1.82) is 0 Å². The molecule has 2 heterocycles. The van der Waals surface area contributed by atoms with E-state index < -0.39 is 11.9 Å². The van der Waals surface area contributed by atoms with Crippen LogP contribution < -0.4 is 5.32 Å². The first-order chi connectivity index (χ1) is 14.4. The number of piperidine rings is 1. The molecule has 0 spiro atoms. The smallest absolute Gasteiger partial charge is 0.328 e. The summed E-state index contributed by atoms with van der Waals surface area (Å²) in [7, 11) is 0. The summed E-state index contributed by atoms with van der Waals surface area (Å²) in [6.07, 6.45) is 5.56. The van der Waals surface area contributed by atoms with E-state index in [9.17, 15) is 9.59 Å². The van der Waals surface area contributed by atoms with E-state index >= 15 is 0 Å². The molecule has 1 fully saturated rings. The maximum Gasteiger partial charge on any atom is 0.328 e. The minimum Gasteiger partial charge on any atom is -0.478 e. The Morgan fingerprint density at radius 1 is 1.13 bits per heavy atom. The Hall–Kier alpha value is -2.77. The molecule has 162 valence electrons. The molecule has 0 amide bonds. The van der Waals surface area contributed by atoms with Crippen molar-refractivity contribution in [3.05, 3.63) is 54.4 Å². The Morgan fingerprint density at radius 2 is 1.77 bits per heavy atom. The summed E-state index contributed by atoms with van der Waals surface area (Å²) in [6, 6.07) is 11.4. The highest BCUT2D eigenvalue weighted by atomic mass is 16.4. The third-order valence-corrected chi connectivity index (χ3v) is 4.90. The first-order valence-corrected chi connectivity index (χ1v) is 10.3. The van der Waals surface area contributed by atoms with E-state index in [4.69, 9.17) is 15.2 Å². The van der Waals surface area contributed by atoms with Crippen molar-refractivity contribution in [2.45, 2.75) is 39.3 Å². The molecule has 3 N–H and O–H groups in total. The number of hydrogen-bond acceptors (Lipinski definition) is 5. The van der Waals surface area contributed by atoms with Gasteiger partial charge < -0.3 is 15.5 Å². The Morgan fingerprint density at radius 3 is 2.37 bits per heavy atom. The molecular weight excluding hydrogens is 382 g/mol. The van der Waals surface area contributed by atoms with Crippen LogP contribution in [0.25, 0.3) is 10.8 Å². The van der Waals surface area contributed by atoms with Crippen LogP contribution in [0.5, 0.6) is 0 Å². The zero-order valence-electron chi connectivity index (χ0n) is 17.6.